The molecule has 1 heterocycles. The van der Waals surface area contributed by atoms with E-state index in [1.807, 2.05) is 31.3 Å². The van der Waals surface area contributed by atoms with Crippen molar-refractivity contribution in [1.29, 1.82) is 0 Å². The second-order valence-corrected chi connectivity index (χ2v) is 4.54. The summed E-state index contributed by atoms with van der Waals surface area (Å²) in [6.07, 6.45) is 4.45. The van der Waals surface area contributed by atoms with Crippen molar-refractivity contribution >= 4 is 11.9 Å². The molecule has 0 bridgehead atoms. The number of hydrogen-bond acceptors (Lipinski definition) is 4. The van der Waals surface area contributed by atoms with Gasteiger partial charge in [0.2, 0.25) is 11.9 Å². The molecule has 1 amide bonds. The van der Waals surface area contributed by atoms with E-state index in [1.165, 1.54) is 0 Å². The number of ether oxygens (including phenoxy) is 2. The van der Waals surface area contributed by atoms with Crippen molar-refractivity contribution in [2.24, 2.45) is 7.05 Å². The lowest BCUT2D eigenvalue weighted by molar-refractivity contribution is -0.116. The fourth-order valence-corrected chi connectivity index (χ4v) is 1.77. The van der Waals surface area contributed by atoms with Crippen LogP contribution in [0.2, 0.25) is 0 Å². The minimum Gasteiger partial charge on any atom is -0.497 e. The maximum Gasteiger partial charge on any atom is 0.226 e. The van der Waals surface area contributed by atoms with Gasteiger partial charge in [0.25, 0.3) is 0 Å². The third-order valence-corrected chi connectivity index (χ3v) is 2.95. The van der Waals surface area contributed by atoms with E-state index in [2.05, 4.69) is 10.3 Å². The van der Waals surface area contributed by atoms with Gasteiger partial charge >= 0.3 is 0 Å². The predicted octanol–water partition coefficient (Wildman–Crippen LogP) is 2.23. The van der Waals surface area contributed by atoms with Crippen LogP contribution in [0.1, 0.15) is 12.8 Å². The van der Waals surface area contributed by atoms with Gasteiger partial charge < -0.3 is 14.0 Å². The van der Waals surface area contributed by atoms with E-state index in [0.717, 1.165) is 11.5 Å². The highest BCUT2D eigenvalue weighted by molar-refractivity contribution is 5.88. The van der Waals surface area contributed by atoms with Crippen LogP contribution in [0.5, 0.6) is 11.5 Å². The fraction of sp³-hybridized carbons (Fsp3) is 0.333. The summed E-state index contributed by atoms with van der Waals surface area (Å²) in [4.78, 5) is 15.8. The Hall–Kier alpha value is -2.50. The predicted molar refractivity (Wildman–Crippen MR) is 79.6 cm³/mol. The normalized spacial score (nSPS) is 10.2. The van der Waals surface area contributed by atoms with Crippen LogP contribution in [0.3, 0.4) is 0 Å². The van der Waals surface area contributed by atoms with Crippen LogP contribution in [0.4, 0.5) is 5.95 Å². The Morgan fingerprint density at radius 1 is 1.29 bits per heavy atom. The second-order valence-electron chi connectivity index (χ2n) is 4.54. The molecule has 0 saturated carbocycles. The summed E-state index contributed by atoms with van der Waals surface area (Å²) < 4.78 is 12.4. The number of nitrogens with one attached hydrogen (secondary N) is 1. The number of aryl methyl sites for hydroxylation is 1. The topological polar surface area (TPSA) is 65.4 Å². The molecule has 0 radical (unpaired) electrons. The molecule has 0 fully saturated rings. The Labute approximate surface area is 123 Å². The Morgan fingerprint density at radius 3 is 2.62 bits per heavy atom. The van der Waals surface area contributed by atoms with E-state index in [4.69, 9.17) is 9.47 Å². The van der Waals surface area contributed by atoms with Crippen LogP contribution in [-0.2, 0) is 11.8 Å². The van der Waals surface area contributed by atoms with Crippen LogP contribution < -0.4 is 14.8 Å². The molecule has 0 aliphatic heterocycles. The van der Waals surface area contributed by atoms with Gasteiger partial charge in [0.05, 0.1) is 13.7 Å². The molecule has 1 aromatic carbocycles. The van der Waals surface area contributed by atoms with Crippen molar-refractivity contribution in [3.05, 3.63) is 36.7 Å². The smallest absolute Gasteiger partial charge is 0.226 e. The van der Waals surface area contributed by atoms with Crippen molar-refractivity contribution in [3.8, 4) is 11.5 Å². The molecule has 112 valence electrons. The van der Waals surface area contributed by atoms with E-state index < -0.39 is 0 Å². The number of methoxy groups -OCH3 is 1. The summed E-state index contributed by atoms with van der Waals surface area (Å²) in [7, 11) is 3.45. The van der Waals surface area contributed by atoms with E-state index >= 15 is 0 Å². The lowest BCUT2D eigenvalue weighted by atomic mass is 10.3. The third-order valence-electron chi connectivity index (χ3n) is 2.95. The molecular formula is C15H19N3O3. The Balaban J connectivity index is 1.67. The molecule has 1 N–H and O–H groups in total. The minimum absolute atomic E-state index is 0.0670. The molecule has 0 atom stereocenters. The summed E-state index contributed by atoms with van der Waals surface area (Å²) in [5.74, 6) is 2.04. The zero-order valence-electron chi connectivity index (χ0n) is 12.2. The van der Waals surface area contributed by atoms with Crippen molar-refractivity contribution in [1.82, 2.24) is 9.55 Å². The molecule has 2 rings (SSSR count). The number of benzene rings is 1. The van der Waals surface area contributed by atoms with E-state index in [0.29, 0.717) is 25.4 Å². The zero-order chi connectivity index (χ0) is 15.1. The van der Waals surface area contributed by atoms with Gasteiger partial charge in [0.1, 0.15) is 11.5 Å². The van der Waals surface area contributed by atoms with E-state index in [9.17, 15) is 4.79 Å². The third kappa shape index (κ3) is 4.52. The SMILES string of the molecule is COc1ccc(OCCCC(=O)Nc2nccn2C)cc1. The first-order valence-corrected chi connectivity index (χ1v) is 6.73. The van der Waals surface area contributed by atoms with Gasteiger partial charge in [-0.15, -0.1) is 0 Å². The number of aromatic nitrogens is 2. The number of carbonyl (C=O) groups excluding carboxylic acids is 1. The van der Waals surface area contributed by atoms with Crippen LogP contribution in [0, 0.1) is 0 Å². The maximum atomic E-state index is 11.7. The number of imidazole rings is 1. The van der Waals surface area contributed by atoms with Crippen LogP contribution in [-0.4, -0.2) is 29.2 Å². The number of rotatable bonds is 7. The zero-order valence-corrected chi connectivity index (χ0v) is 12.2. The van der Waals surface area contributed by atoms with Gasteiger partial charge in [-0.1, -0.05) is 0 Å². The fourth-order valence-electron chi connectivity index (χ4n) is 1.77. The molecule has 0 aliphatic carbocycles. The maximum absolute atomic E-state index is 11.7. The number of hydrogen-bond donors (Lipinski definition) is 1. The molecule has 0 aliphatic rings. The first-order valence-electron chi connectivity index (χ1n) is 6.73. The molecular weight excluding hydrogens is 270 g/mol. The van der Waals surface area contributed by atoms with Crippen molar-refractivity contribution in [2.75, 3.05) is 19.0 Å². The van der Waals surface area contributed by atoms with Gasteiger partial charge in [-0.2, -0.15) is 0 Å². The van der Waals surface area contributed by atoms with E-state index in [1.54, 1.807) is 24.1 Å². The first-order chi connectivity index (χ1) is 10.2. The molecule has 6 nitrogen and oxygen atoms in total. The number of anilines is 1. The molecule has 0 unspecified atom stereocenters. The van der Waals surface area contributed by atoms with Crippen molar-refractivity contribution in [3.63, 3.8) is 0 Å². The molecule has 0 spiro atoms. The van der Waals surface area contributed by atoms with Crippen LogP contribution in [0.15, 0.2) is 36.7 Å². The molecule has 2 aromatic rings. The molecule has 21 heavy (non-hydrogen) atoms. The Kier molecular flexibility index (Phi) is 5.20. The average molecular weight is 289 g/mol. The monoisotopic (exact) mass is 289 g/mol. The van der Waals surface area contributed by atoms with E-state index in [-0.39, 0.29) is 5.91 Å². The van der Waals surface area contributed by atoms with Crippen molar-refractivity contribution < 1.29 is 14.3 Å². The highest BCUT2D eigenvalue weighted by atomic mass is 16.5. The van der Waals surface area contributed by atoms with Crippen molar-refractivity contribution in [2.45, 2.75) is 12.8 Å². The van der Waals surface area contributed by atoms with Gasteiger partial charge in [-0.05, 0) is 30.7 Å². The lowest BCUT2D eigenvalue weighted by Crippen LogP contribution is -2.15. The first kappa shape index (κ1) is 14.9. The Bertz CT molecular complexity index is 578. The van der Waals surface area contributed by atoms with Gasteiger partial charge in [0, 0.05) is 25.9 Å². The number of carbonyl (C=O) groups is 1. The summed E-state index contributed by atoms with van der Waals surface area (Å²) in [5.41, 5.74) is 0. The standard InChI is InChI=1S/C15H19N3O3/c1-18-10-9-16-15(18)17-14(19)4-3-11-21-13-7-5-12(20-2)6-8-13/h5-10H,3-4,11H2,1-2H3,(H,16,17,19). The van der Waals surface area contributed by atoms with Gasteiger partial charge in [0.15, 0.2) is 0 Å². The number of nitrogens with zero attached hydrogens (tertiary/aromatic N) is 2. The highest BCUT2D eigenvalue weighted by Gasteiger charge is 2.05. The highest BCUT2D eigenvalue weighted by Crippen LogP contribution is 2.17. The largest absolute Gasteiger partial charge is 0.497 e. The van der Waals surface area contributed by atoms with Crippen LogP contribution in [0.25, 0.3) is 0 Å². The number of amides is 1. The summed E-state index contributed by atoms with van der Waals surface area (Å²) in [5, 5.41) is 2.74. The van der Waals surface area contributed by atoms with Crippen LogP contribution >= 0.6 is 0 Å². The molecule has 6 heteroatoms. The average Bonchev–Trinajstić information content (AvgIpc) is 2.89. The van der Waals surface area contributed by atoms with Gasteiger partial charge in [-0.25, -0.2) is 4.98 Å². The quantitative estimate of drug-likeness (QED) is 0.794. The summed E-state index contributed by atoms with van der Waals surface area (Å²) in [6.45, 7) is 0.486. The summed E-state index contributed by atoms with van der Waals surface area (Å²) in [6, 6.07) is 7.35. The Morgan fingerprint density at radius 2 is 2.00 bits per heavy atom. The minimum atomic E-state index is -0.0670. The molecule has 0 saturated heterocycles. The van der Waals surface area contributed by atoms with Gasteiger partial charge in [-0.3, -0.25) is 10.1 Å². The molecule has 1 aromatic heterocycles. The lowest BCUT2D eigenvalue weighted by Gasteiger charge is -2.07. The summed E-state index contributed by atoms with van der Waals surface area (Å²) >= 11 is 0. The second kappa shape index (κ2) is 7.33.